The fraction of sp³-hybridized carbons (Fsp3) is 0.462. The second-order valence-corrected chi connectivity index (χ2v) is 4.37. The fourth-order valence-corrected chi connectivity index (χ4v) is 1.94. The van der Waals surface area contributed by atoms with E-state index in [-0.39, 0.29) is 25.6 Å². The minimum Gasteiger partial charge on any atom is -0.493 e. The zero-order chi connectivity index (χ0) is 13.8. The Morgan fingerprint density at radius 1 is 1.26 bits per heavy atom. The monoisotopic (exact) mass is 267 g/mol. The average molecular weight is 267 g/mol. The van der Waals surface area contributed by atoms with Crippen molar-refractivity contribution in [3.63, 3.8) is 0 Å². The molecule has 0 saturated carbocycles. The number of hydrogen-bond acceptors (Lipinski definition) is 5. The van der Waals surface area contributed by atoms with Crippen LogP contribution in [0.2, 0.25) is 0 Å². The lowest BCUT2D eigenvalue weighted by molar-refractivity contribution is -0.132. The molecule has 0 spiro atoms. The van der Waals surface area contributed by atoms with Crippen LogP contribution in [0, 0.1) is 0 Å². The maximum Gasteiger partial charge on any atom is 0.260 e. The van der Waals surface area contributed by atoms with Gasteiger partial charge in [-0.25, -0.2) is 0 Å². The number of β-amino-alcohol motifs (C(OH)–C–C–N with tert-alkyl or cyclic N) is 2. The van der Waals surface area contributed by atoms with Gasteiger partial charge >= 0.3 is 0 Å². The molecule has 104 valence electrons. The van der Waals surface area contributed by atoms with Gasteiger partial charge in [-0.15, -0.1) is 0 Å². The number of ether oxygens (including phenoxy) is 2. The number of aliphatic hydroxyl groups excluding tert-OH is 2. The van der Waals surface area contributed by atoms with Gasteiger partial charge in [0.1, 0.15) is 0 Å². The van der Waals surface area contributed by atoms with Gasteiger partial charge < -0.3 is 24.6 Å². The third-order valence-corrected chi connectivity index (χ3v) is 3.03. The first-order chi connectivity index (χ1) is 9.11. The molecule has 1 saturated heterocycles. The minimum atomic E-state index is -0.879. The van der Waals surface area contributed by atoms with Crippen LogP contribution in [0.5, 0.6) is 11.5 Å². The third kappa shape index (κ3) is 3.15. The lowest BCUT2D eigenvalue weighted by atomic mass is 10.3. The van der Waals surface area contributed by atoms with Gasteiger partial charge in [-0.2, -0.15) is 0 Å². The number of amides is 1. The van der Waals surface area contributed by atoms with Crippen molar-refractivity contribution in [2.45, 2.75) is 12.2 Å². The van der Waals surface area contributed by atoms with Crippen molar-refractivity contribution in [3.8, 4) is 11.5 Å². The molecule has 2 atom stereocenters. The van der Waals surface area contributed by atoms with Gasteiger partial charge in [-0.05, 0) is 12.1 Å². The number of methoxy groups -OCH3 is 1. The third-order valence-electron chi connectivity index (χ3n) is 3.03. The molecule has 1 amide bonds. The summed E-state index contributed by atoms with van der Waals surface area (Å²) in [6.45, 7) is 0.115. The summed E-state index contributed by atoms with van der Waals surface area (Å²) >= 11 is 0. The van der Waals surface area contributed by atoms with E-state index in [1.165, 1.54) is 12.0 Å². The molecule has 1 aromatic rings. The molecule has 2 unspecified atom stereocenters. The summed E-state index contributed by atoms with van der Waals surface area (Å²) in [5, 5.41) is 18.8. The first-order valence-electron chi connectivity index (χ1n) is 6.01. The van der Waals surface area contributed by atoms with Crippen molar-refractivity contribution in [2.24, 2.45) is 0 Å². The summed E-state index contributed by atoms with van der Waals surface area (Å²) in [6.07, 6.45) is -1.76. The smallest absolute Gasteiger partial charge is 0.260 e. The lowest BCUT2D eigenvalue weighted by Crippen LogP contribution is -2.34. The molecule has 0 radical (unpaired) electrons. The Morgan fingerprint density at radius 2 is 1.84 bits per heavy atom. The normalized spacial score (nSPS) is 22.4. The Balaban J connectivity index is 1.90. The highest BCUT2D eigenvalue weighted by atomic mass is 16.5. The summed E-state index contributed by atoms with van der Waals surface area (Å²) in [4.78, 5) is 13.2. The van der Waals surface area contributed by atoms with Crippen LogP contribution in [0.3, 0.4) is 0 Å². The van der Waals surface area contributed by atoms with E-state index >= 15 is 0 Å². The minimum absolute atomic E-state index is 0.134. The summed E-state index contributed by atoms with van der Waals surface area (Å²) < 4.78 is 10.5. The highest BCUT2D eigenvalue weighted by Crippen LogP contribution is 2.25. The van der Waals surface area contributed by atoms with E-state index in [1.54, 1.807) is 24.3 Å². The zero-order valence-electron chi connectivity index (χ0n) is 10.7. The molecular weight excluding hydrogens is 250 g/mol. The molecule has 2 N–H and O–H groups in total. The number of benzene rings is 1. The van der Waals surface area contributed by atoms with Crippen molar-refractivity contribution in [1.29, 1.82) is 0 Å². The van der Waals surface area contributed by atoms with Crippen LogP contribution < -0.4 is 9.47 Å². The predicted octanol–water partition coefficient (Wildman–Crippen LogP) is -0.362. The highest BCUT2D eigenvalue weighted by molar-refractivity contribution is 5.78. The molecule has 0 aliphatic carbocycles. The van der Waals surface area contributed by atoms with Crippen molar-refractivity contribution in [1.82, 2.24) is 4.90 Å². The molecular formula is C13H17NO5. The van der Waals surface area contributed by atoms with E-state index < -0.39 is 12.2 Å². The molecule has 0 aromatic heterocycles. The van der Waals surface area contributed by atoms with Crippen LogP contribution in [-0.4, -0.2) is 60.0 Å². The number of likely N-dealkylation sites (tertiary alicyclic amines) is 1. The molecule has 1 fully saturated rings. The lowest BCUT2D eigenvalue weighted by Gasteiger charge is -2.16. The van der Waals surface area contributed by atoms with Gasteiger partial charge in [-0.1, -0.05) is 12.1 Å². The Hall–Kier alpha value is -1.79. The van der Waals surface area contributed by atoms with Crippen molar-refractivity contribution >= 4 is 5.91 Å². The topological polar surface area (TPSA) is 79.2 Å². The number of rotatable bonds is 4. The Kier molecular flexibility index (Phi) is 4.24. The number of hydrogen-bond donors (Lipinski definition) is 2. The predicted molar refractivity (Wildman–Crippen MR) is 67.1 cm³/mol. The van der Waals surface area contributed by atoms with Crippen molar-refractivity contribution in [3.05, 3.63) is 24.3 Å². The van der Waals surface area contributed by atoms with Crippen LogP contribution >= 0.6 is 0 Å². The van der Waals surface area contributed by atoms with Gasteiger partial charge in [-0.3, -0.25) is 4.79 Å². The van der Waals surface area contributed by atoms with E-state index in [4.69, 9.17) is 9.47 Å². The molecule has 19 heavy (non-hydrogen) atoms. The molecule has 1 heterocycles. The average Bonchev–Trinajstić information content (AvgIpc) is 2.76. The highest BCUT2D eigenvalue weighted by Gasteiger charge is 2.32. The van der Waals surface area contributed by atoms with Crippen LogP contribution in [0.15, 0.2) is 24.3 Å². The van der Waals surface area contributed by atoms with Crippen molar-refractivity contribution in [2.75, 3.05) is 26.8 Å². The van der Waals surface area contributed by atoms with Crippen LogP contribution in [0.25, 0.3) is 0 Å². The Bertz CT molecular complexity index is 440. The molecule has 6 nitrogen and oxygen atoms in total. The van der Waals surface area contributed by atoms with Gasteiger partial charge in [0.05, 0.1) is 19.3 Å². The Morgan fingerprint density at radius 3 is 2.42 bits per heavy atom. The maximum absolute atomic E-state index is 11.8. The van der Waals surface area contributed by atoms with Gasteiger partial charge in [0.25, 0.3) is 5.91 Å². The quantitative estimate of drug-likeness (QED) is 0.778. The van der Waals surface area contributed by atoms with Crippen LogP contribution in [0.1, 0.15) is 0 Å². The molecule has 0 bridgehead atoms. The van der Waals surface area contributed by atoms with E-state index in [0.717, 1.165) is 0 Å². The molecule has 1 aliphatic heterocycles. The fourth-order valence-electron chi connectivity index (χ4n) is 1.94. The summed E-state index contributed by atoms with van der Waals surface area (Å²) in [6, 6.07) is 7.04. The summed E-state index contributed by atoms with van der Waals surface area (Å²) in [7, 11) is 1.53. The van der Waals surface area contributed by atoms with Crippen molar-refractivity contribution < 1.29 is 24.5 Å². The second kappa shape index (κ2) is 5.90. The van der Waals surface area contributed by atoms with Gasteiger partial charge in [0.2, 0.25) is 0 Å². The van der Waals surface area contributed by atoms with Crippen LogP contribution in [0.4, 0.5) is 0 Å². The van der Waals surface area contributed by atoms with Crippen LogP contribution in [-0.2, 0) is 4.79 Å². The first kappa shape index (κ1) is 13.6. The number of carbonyl (C=O) groups is 1. The first-order valence-corrected chi connectivity index (χ1v) is 6.01. The molecule has 1 aromatic carbocycles. The number of nitrogens with zero attached hydrogens (tertiary/aromatic N) is 1. The SMILES string of the molecule is COc1ccccc1OCC(=O)N1CC(O)C(O)C1. The maximum atomic E-state index is 11.8. The largest absolute Gasteiger partial charge is 0.493 e. The Labute approximate surface area is 111 Å². The molecule has 2 rings (SSSR count). The van der Waals surface area contributed by atoms with E-state index in [9.17, 15) is 15.0 Å². The summed E-state index contributed by atoms with van der Waals surface area (Å²) in [5.41, 5.74) is 0. The van der Waals surface area contributed by atoms with E-state index in [1.807, 2.05) is 0 Å². The van der Waals surface area contributed by atoms with Gasteiger partial charge in [0, 0.05) is 13.1 Å². The molecule has 1 aliphatic rings. The van der Waals surface area contributed by atoms with Gasteiger partial charge in [0.15, 0.2) is 18.1 Å². The van der Waals surface area contributed by atoms with E-state index in [0.29, 0.717) is 11.5 Å². The number of para-hydroxylation sites is 2. The molecule has 6 heteroatoms. The number of carbonyl (C=O) groups excluding carboxylic acids is 1. The zero-order valence-corrected chi connectivity index (χ0v) is 10.7. The summed E-state index contributed by atoms with van der Waals surface area (Å²) in [5.74, 6) is 0.761. The second-order valence-electron chi connectivity index (χ2n) is 4.37. The standard InChI is InChI=1S/C13H17NO5/c1-18-11-4-2-3-5-12(11)19-8-13(17)14-6-9(15)10(16)7-14/h2-5,9-10,15-16H,6-8H2,1H3. The van der Waals surface area contributed by atoms with E-state index in [2.05, 4.69) is 0 Å². The number of aliphatic hydroxyl groups is 2.